The zero-order chi connectivity index (χ0) is 19.3. The van der Waals surface area contributed by atoms with Crippen LogP contribution >= 0.6 is 0 Å². The van der Waals surface area contributed by atoms with Gasteiger partial charge in [-0.25, -0.2) is 9.97 Å². The number of para-hydroxylation sites is 1. The molecule has 2 heterocycles. The first-order valence-corrected chi connectivity index (χ1v) is 9.68. The molecule has 0 saturated carbocycles. The molecule has 1 N–H and O–H groups in total. The smallest absolute Gasteiger partial charge is 0.163 e. The number of hydrogen-bond donors (Lipinski definition) is 1. The number of benzene rings is 2. The Balaban J connectivity index is 1.73. The second kappa shape index (κ2) is 8.10. The summed E-state index contributed by atoms with van der Waals surface area (Å²) in [5, 5.41) is 12.7. The monoisotopic (exact) mass is 369 g/mol. The number of nitrogens with zero attached hydrogens (tertiary/aromatic N) is 4. The van der Waals surface area contributed by atoms with E-state index in [2.05, 4.69) is 23.2 Å². The Morgan fingerprint density at radius 2 is 1.71 bits per heavy atom. The molecule has 0 radical (unpaired) electrons. The number of hydrogen-bond acceptors (Lipinski definition) is 5. The van der Waals surface area contributed by atoms with Gasteiger partial charge in [0.2, 0.25) is 0 Å². The second-order valence-corrected chi connectivity index (χ2v) is 7.25. The fourth-order valence-electron chi connectivity index (χ4n) is 3.44. The molecule has 0 bridgehead atoms. The molecule has 1 saturated heterocycles. The van der Waals surface area contributed by atoms with Crippen LogP contribution in [0.15, 0.2) is 60.7 Å². The summed E-state index contributed by atoms with van der Waals surface area (Å²) in [4.78, 5) is 11.9. The highest BCUT2D eigenvalue weighted by atomic mass is 15.2. The van der Waals surface area contributed by atoms with E-state index >= 15 is 0 Å². The van der Waals surface area contributed by atoms with E-state index in [1.165, 1.54) is 12.8 Å². The van der Waals surface area contributed by atoms with Gasteiger partial charge in [0.1, 0.15) is 17.7 Å². The van der Waals surface area contributed by atoms with E-state index in [4.69, 9.17) is 9.97 Å². The minimum atomic E-state index is 0.593. The number of nitrogens with one attached hydrogen (secondary N) is 1. The first kappa shape index (κ1) is 18.0. The van der Waals surface area contributed by atoms with E-state index in [0.717, 1.165) is 36.1 Å². The topological polar surface area (TPSA) is 64.8 Å². The third-order valence-corrected chi connectivity index (χ3v) is 5.16. The molecule has 1 aliphatic heterocycles. The van der Waals surface area contributed by atoms with Gasteiger partial charge in [-0.1, -0.05) is 49.4 Å². The number of piperidine rings is 1. The SMILES string of the molecule is CC1CCN(c2cc(Nc3ccccc3C#N)nc(-c3ccccc3)n2)CC1. The van der Waals surface area contributed by atoms with Crippen molar-refractivity contribution in [3.8, 4) is 17.5 Å². The maximum absolute atomic E-state index is 9.38. The zero-order valence-electron chi connectivity index (χ0n) is 16.0. The molecule has 5 nitrogen and oxygen atoms in total. The van der Waals surface area contributed by atoms with Crippen molar-refractivity contribution in [2.24, 2.45) is 5.92 Å². The Bertz CT molecular complexity index is 985. The van der Waals surface area contributed by atoms with Crippen LogP contribution in [0.4, 0.5) is 17.3 Å². The quantitative estimate of drug-likeness (QED) is 0.701. The molecule has 4 rings (SSSR count). The van der Waals surface area contributed by atoms with Crippen LogP contribution in [-0.2, 0) is 0 Å². The maximum Gasteiger partial charge on any atom is 0.163 e. The van der Waals surface area contributed by atoms with E-state index in [1.807, 2.05) is 54.6 Å². The van der Waals surface area contributed by atoms with Crippen LogP contribution in [0, 0.1) is 17.2 Å². The second-order valence-electron chi connectivity index (χ2n) is 7.25. The van der Waals surface area contributed by atoms with Gasteiger partial charge in [-0.3, -0.25) is 0 Å². The Labute approximate surface area is 165 Å². The lowest BCUT2D eigenvalue weighted by molar-refractivity contribution is 0.436. The van der Waals surface area contributed by atoms with Gasteiger partial charge in [0.25, 0.3) is 0 Å². The van der Waals surface area contributed by atoms with Gasteiger partial charge in [-0.15, -0.1) is 0 Å². The molecule has 1 aliphatic rings. The number of anilines is 3. The minimum absolute atomic E-state index is 0.593. The number of nitriles is 1. The largest absolute Gasteiger partial charge is 0.356 e. The predicted molar refractivity (Wildman–Crippen MR) is 113 cm³/mol. The van der Waals surface area contributed by atoms with Gasteiger partial charge in [0.05, 0.1) is 11.3 Å². The molecule has 0 atom stereocenters. The third-order valence-electron chi connectivity index (χ3n) is 5.16. The number of aromatic nitrogens is 2. The Morgan fingerprint density at radius 3 is 2.46 bits per heavy atom. The molecular weight excluding hydrogens is 346 g/mol. The van der Waals surface area contributed by atoms with Gasteiger partial charge in [-0.2, -0.15) is 5.26 Å². The lowest BCUT2D eigenvalue weighted by atomic mass is 9.99. The highest BCUT2D eigenvalue weighted by Crippen LogP contribution is 2.28. The molecule has 1 fully saturated rings. The predicted octanol–water partition coefficient (Wildman–Crippen LogP) is 5.00. The first-order valence-electron chi connectivity index (χ1n) is 9.68. The first-order chi connectivity index (χ1) is 13.7. The zero-order valence-corrected chi connectivity index (χ0v) is 16.0. The summed E-state index contributed by atoms with van der Waals surface area (Å²) in [6.07, 6.45) is 2.34. The summed E-state index contributed by atoms with van der Waals surface area (Å²) in [5.41, 5.74) is 2.32. The fraction of sp³-hybridized carbons (Fsp3) is 0.261. The van der Waals surface area contributed by atoms with Crippen LogP contribution in [0.5, 0.6) is 0 Å². The average Bonchev–Trinajstić information content (AvgIpc) is 2.75. The van der Waals surface area contributed by atoms with Crippen LogP contribution in [0.1, 0.15) is 25.3 Å². The van der Waals surface area contributed by atoms with E-state index in [1.54, 1.807) is 6.07 Å². The average molecular weight is 369 g/mol. The summed E-state index contributed by atoms with van der Waals surface area (Å²) < 4.78 is 0. The van der Waals surface area contributed by atoms with Gasteiger partial charge in [0, 0.05) is 24.7 Å². The summed E-state index contributed by atoms with van der Waals surface area (Å²) in [6, 6.07) is 21.7. The molecule has 0 amide bonds. The van der Waals surface area contributed by atoms with Crippen LogP contribution in [0.2, 0.25) is 0 Å². The Morgan fingerprint density at radius 1 is 1.00 bits per heavy atom. The summed E-state index contributed by atoms with van der Waals surface area (Å²) >= 11 is 0. The highest BCUT2D eigenvalue weighted by molar-refractivity contribution is 5.68. The van der Waals surface area contributed by atoms with Gasteiger partial charge in [-0.05, 0) is 30.9 Å². The van der Waals surface area contributed by atoms with Gasteiger partial charge < -0.3 is 10.2 Å². The molecule has 140 valence electrons. The molecule has 0 aliphatic carbocycles. The van der Waals surface area contributed by atoms with Crippen molar-refractivity contribution in [1.82, 2.24) is 9.97 Å². The van der Waals surface area contributed by atoms with Crippen molar-refractivity contribution in [3.05, 3.63) is 66.2 Å². The fourth-order valence-corrected chi connectivity index (χ4v) is 3.44. The van der Waals surface area contributed by atoms with Crippen molar-refractivity contribution in [1.29, 1.82) is 5.26 Å². The van der Waals surface area contributed by atoms with Crippen molar-refractivity contribution in [2.75, 3.05) is 23.3 Å². The summed E-state index contributed by atoms with van der Waals surface area (Å²) in [5.74, 6) is 3.07. The third kappa shape index (κ3) is 3.96. The molecule has 0 unspecified atom stereocenters. The Hall–Kier alpha value is -3.39. The normalized spacial score (nSPS) is 14.5. The van der Waals surface area contributed by atoms with Crippen molar-refractivity contribution < 1.29 is 0 Å². The van der Waals surface area contributed by atoms with Crippen molar-refractivity contribution in [3.63, 3.8) is 0 Å². The van der Waals surface area contributed by atoms with E-state index in [0.29, 0.717) is 17.2 Å². The van der Waals surface area contributed by atoms with E-state index in [-0.39, 0.29) is 0 Å². The molecule has 0 spiro atoms. The van der Waals surface area contributed by atoms with Crippen molar-refractivity contribution in [2.45, 2.75) is 19.8 Å². The highest BCUT2D eigenvalue weighted by Gasteiger charge is 2.19. The van der Waals surface area contributed by atoms with Crippen LogP contribution in [0.3, 0.4) is 0 Å². The van der Waals surface area contributed by atoms with E-state index in [9.17, 15) is 5.26 Å². The number of rotatable bonds is 4. The van der Waals surface area contributed by atoms with Crippen LogP contribution in [-0.4, -0.2) is 23.1 Å². The maximum atomic E-state index is 9.38. The summed E-state index contributed by atoms with van der Waals surface area (Å²) in [7, 11) is 0. The van der Waals surface area contributed by atoms with E-state index < -0.39 is 0 Å². The lowest BCUT2D eigenvalue weighted by Crippen LogP contribution is -2.33. The van der Waals surface area contributed by atoms with Crippen LogP contribution < -0.4 is 10.2 Å². The van der Waals surface area contributed by atoms with Gasteiger partial charge in [0.15, 0.2) is 5.82 Å². The Kier molecular flexibility index (Phi) is 5.20. The molecular formula is C23H23N5. The standard InChI is InChI=1S/C23H23N5/c1-17-11-13-28(14-12-17)22-15-21(25-20-10-6-5-9-19(20)16-24)26-23(27-22)18-7-3-2-4-8-18/h2-10,15,17H,11-14H2,1H3,(H,25,26,27). The molecule has 2 aromatic carbocycles. The molecule has 28 heavy (non-hydrogen) atoms. The minimum Gasteiger partial charge on any atom is -0.356 e. The van der Waals surface area contributed by atoms with Crippen LogP contribution in [0.25, 0.3) is 11.4 Å². The summed E-state index contributed by atoms with van der Waals surface area (Å²) in [6.45, 7) is 4.31. The lowest BCUT2D eigenvalue weighted by Gasteiger charge is -2.31. The molecule has 1 aromatic heterocycles. The van der Waals surface area contributed by atoms with Crippen molar-refractivity contribution >= 4 is 17.3 Å². The molecule has 5 heteroatoms. The molecule has 3 aromatic rings. The van der Waals surface area contributed by atoms with Gasteiger partial charge >= 0.3 is 0 Å².